The Kier molecular flexibility index (Phi) is 5.89. The normalized spacial score (nSPS) is 14.5. The van der Waals surface area contributed by atoms with Crippen LogP contribution in [0.4, 0.5) is 9.52 Å². The average molecular weight is 465 g/mol. The molecule has 0 bridgehead atoms. The van der Waals surface area contributed by atoms with Crippen LogP contribution in [-0.2, 0) is 4.79 Å². The molecule has 0 aliphatic carbocycles. The summed E-state index contributed by atoms with van der Waals surface area (Å²) in [5.41, 5.74) is 2.17. The molecule has 1 fully saturated rings. The van der Waals surface area contributed by atoms with E-state index in [4.69, 9.17) is 4.42 Å². The van der Waals surface area contributed by atoms with Crippen LogP contribution in [0.25, 0.3) is 22.2 Å². The number of nitrogens with zero attached hydrogens (tertiary/aromatic N) is 3. The lowest BCUT2D eigenvalue weighted by Gasteiger charge is -2.33. The molecule has 5 rings (SSSR count). The Labute approximate surface area is 193 Å². The minimum Gasteiger partial charge on any atom is -0.451 e. The molecule has 1 saturated heterocycles. The van der Waals surface area contributed by atoms with Crippen LogP contribution in [0.15, 0.2) is 64.4 Å². The van der Waals surface area contributed by atoms with Gasteiger partial charge in [-0.2, -0.15) is 0 Å². The van der Waals surface area contributed by atoms with E-state index in [-0.39, 0.29) is 24.2 Å². The number of benzene rings is 2. The predicted molar refractivity (Wildman–Crippen MR) is 125 cm³/mol. The third-order valence-corrected chi connectivity index (χ3v) is 6.31. The number of hydrogen-bond donors (Lipinski definition) is 1. The molecular formula is C24H21FN4O3S. The van der Waals surface area contributed by atoms with Gasteiger partial charge in [0.05, 0.1) is 12.2 Å². The highest BCUT2D eigenvalue weighted by Crippen LogP contribution is 2.25. The Hall–Kier alpha value is -3.56. The molecule has 0 saturated carbocycles. The van der Waals surface area contributed by atoms with Crippen LogP contribution in [0.3, 0.4) is 0 Å². The molecule has 1 aliphatic rings. The highest BCUT2D eigenvalue weighted by molar-refractivity contribution is 7.14. The summed E-state index contributed by atoms with van der Waals surface area (Å²) >= 11 is 1.32. The Morgan fingerprint density at radius 1 is 1.06 bits per heavy atom. The minimum absolute atomic E-state index is 0.133. The maximum absolute atomic E-state index is 13.1. The van der Waals surface area contributed by atoms with Gasteiger partial charge in [0, 0.05) is 42.5 Å². The van der Waals surface area contributed by atoms with Crippen LogP contribution in [0.5, 0.6) is 0 Å². The van der Waals surface area contributed by atoms with Gasteiger partial charge in [0.25, 0.3) is 5.91 Å². The second kappa shape index (κ2) is 9.13. The van der Waals surface area contributed by atoms with Gasteiger partial charge in [0.2, 0.25) is 5.91 Å². The highest BCUT2D eigenvalue weighted by Gasteiger charge is 2.25. The van der Waals surface area contributed by atoms with E-state index in [1.807, 2.05) is 34.5 Å². The van der Waals surface area contributed by atoms with E-state index >= 15 is 0 Å². The number of piperazine rings is 1. The van der Waals surface area contributed by atoms with E-state index in [0.717, 1.165) is 10.9 Å². The maximum Gasteiger partial charge on any atom is 0.289 e. The summed E-state index contributed by atoms with van der Waals surface area (Å²) in [6.45, 7) is 2.46. The first-order valence-electron chi connectivity index (χ1n) is 10.6. The molecular weight excluding hydrogens is 443 g/mol. The lowest BCUT2D eigenvalue weighted by atomic mass is 10.2. The zero-order valence-electron chi connectivity index (χ0n) is 17.7. The number of furan rings is 1. The third kappa shape index (κ3) is 4.79. The van der Waals surface area contributed by atoms with Crippen LogP contribution in [0, 0.1) is 5.82 Å². The number of para-hydroxylation sites is 1. The van der Waals surface area contributed by atoms with Gasteiger partial charge in [-0.25, -0.2) is 9.37 Å². The fourth-order valence-electron chi connectivity index (χ4n) is 3.80. The van der Waals surface area contributed by atoms with E-state index in [1.54, 1.807) is 23.1 Å². The quantitative estimate of drug-likeness (QED) is 0.481. The van der Waals surface area contributed by atoms with Crippen molar-refractivity contribution in [2.24, 2.45) is 0 Å². The second-order valence-electron chi connectivity index (χ2n) is 7.81. The molecule has 0 spiro atoms. The zero-order valence-corrected chi connectivity index (χ0v) is 18.5. The number of hydrogen-bond acceptors (Lipinski definition) is 6. The zero-order chi connectivity index (χ0) is 22.8. The van der Waals surface area contributed by atoms with Crippen molar-refractivity contribution >= 4 is 39.3 Å². The van der Waals surface area contributed by atoms with Crippen LogP contribution >= 0.6 is 11.3 Å². The Bertz CT molecular complexity index is 1260. The summed E-state index contributed by atoms with van der Waals surface area (Å²) in [4.78, 5) is 33.4. The largest absolute Gasteiger partial charge is 0.451 e. The maximum atomic E-state index is 13.1. The molecule has 1 N–H and O–H groups in total. The van der Waals surface area contributed by atoms with Crippen molar-refractivity contribution in [3.8, 4) is 11.3 Å². The summed E-state index contributed by atoms with van der Waals surface area (Å²) in [5, 5.41) is 6.05. The molecule has 4 aromatic rings. The van der Waals surface area contributed by atoms with Crippen molar-refractivity contribution < 1.29 is 18.4 Å². The molecule has 168 valence electrons. The summed E-state index contributed by atoms with van der Waals surface area (Å²) in [6.07, 6.45) is 0. The number of nitrogens with one attached hydrogen (secondary N) is 1. The van der Waals surface area contributed by atoms with Gasteiger partial charge in [0.1, 0.15) is 11.4 Å². The molecule has 1 aliphatic heterocycles. The Morgan fingerprint density at radius 2 is 1.82 bits per heavy atom. The van der Waals surface area contributed by atoms with Gasteiger partial charge in [-0.15, -0.1) is 11.3 Å². The molecule has 7 nitrogen and oxygen atoms in total. The van der Waals surface area contributed by atoms with Crippen molar-refractivity contribution in [3.63, 3.8) is 0 Å². The Balaban J connectivity index is 1.12. The fourth-order valence-corrected chi connectivity index (χ4v) is 4.53. The van der Waals surface area contributed by atoms with Crippen LogP contribution in [-0.4, -0.2) is 59.3 Å². The van der Waals surface area contributed by atoms with Gasteiger partial charge in [-0.1, -0.05) is 18.2 Å². The van der Waals surface area contributed by atoms with Gasteiger partial charge in [0.15, 0.2) is 10.9 Å². The van der Waals surface area contributed by atoms with E-state index in [2.05, 4.69) is 10.3 Å². The minimum atomic E-state index is -0.304. The van der Waals surface area contributed by atoms with Crippen molar-refractivity contribution in [1.29, 1.82) is 0 Å². The first kappa shape index (κ1) is 21.3. The average Bonchev–Trinajstić information content (AvgIpc) is 3.47. The number of fused-ring (bicyclic) bond motifs is 1. The van der Waals surface area contributed by atoms with E-state index in [9.17, 15) is 14.0 Å². The molecule has 0 unspecified atom stereocenters. The van der Waals surface area contributed by atoms with Crippen LogP contribution in [0.2, 0.25) is 0 Å². The monoisotopic (exact) mass is 464 g/mol. The molecule has 2 aromatic heterocycles. The molecule has 0 atom stereocenters. The van der Waals surface area contributed by atoms with E-state index in [0.29, 0.717) is 48.3 Å². The van der Waals surface area contributed by atoms with Crippen molar-refractivity contribution in [2.45, 2.75) is 0 Å². The molecule has 2 amide bonds. The number of halogens is 1. The van der Waals surface area contributed by atoms with Crippen LogP contribution in [0.1, 0.15) is 10.6 Å². The first-order chi connectivity index (χ1) is 16.0. The number of carbonyl (C=O) groups is 2. The number of thiazole rings is 1. The molecule has 0 radical (unpaired) electrons. The smallest absolute Gasteiger partial charge is 0.289 e. The second-order valence-corrected chi connectivity index (χ2v) is 8.67. The van der Waals surface area contributed by atoms with Gasteiger partial charge >= 0.3 is 0 Å². The topological polar surface area (TPSA) is 78.7 Å². The number of carbonyl (C=O) groups excluding carboxylic acids is 2. The van der Waals surface area contributed by atoms with Crippen molar-refractivity contribution in [1.82, 2.24) is 14.8 Å². The first-order valence-corrected chi connectivity index (χ1v) is 11.4. The lowest BCUT2D eigenvalue weighted by Crippen LogP contribution is -2.50. The van der Waals surface area contributed by atoms with E-state index < -0.39 is 0 Å². The van der Waals surface area contributed by atoms with Crippen LogP contribution < -0.4 is 5.32 Å². The number of amides is 2. The highest BCUT2D eigenvalue weighted by atomic mass is 32.1. The summed E-state index contributed by atoms with van der Waals surface area (Å²) < 4.78 is 18.8. The number of aromatic nitrogens is 1. The summed E-state index contributed by atoms with van der Waals surface area (Å²) in [6, 6.07) is 15.4. The Morgan fingerprint density at radius 3 is 2.58 bits per heavy atom. The van der Waals surface area contributed by atoms with Crippen molar-refractivity contribution in [3.05, 3.63) is 71.6 Å². The summed E-state index contributed by atoms with van der Waals surface area (Å²) in [5.74, 6) is -0.261. The molecule has 9 heteroatoms. The molecule has 33 heavy (non-hydrogen) atoms. The van der Waals surface area contributed by atoms with Gasteiger partial charge in [-0.3, -0.25) is 14.5 Å². The molecule has 2 aromatic carbocycles. The number of rotatable bonds is 5. The predicted octanol–water partition coefficient (Wildman–Crippen LogP) is 4.09. The standard InChI is InChI=1S/C24H21FN4O3S/c25-18-7-5-16(6-8-18)19-15-33-24(26-19)27-22(30)14-28-9-11-29(12-10-28)23(31)21-13-17-3-1-2-4-20(17)32-21/h1-8,13,15H,9-12,14H2,(H,26,27,30). The van der Waals surface area contributed by atoms with Crippen molar-refractivity contribution in [2.75, 3.05) is 38.0 Å². The van der Waals surface area contributed by atoms with Gasteiger partial charge < -0.3 is 14.6 Å². The van der Waals surface area contributed by atoms with Gasteiger partial charge in [-0.05, 0) is 36.4 Å². The fraction of sp³-hybridized carbons (Fsp3) is 0.208. The molecule has 3 heterocycles. The number of anilines is 1. The SMILES string of the molecule is O=C(CN1CCN(C(=O)c2cc3ccccc3o2)CC1)Nc1nc(-c2ccc(F)cc2)cs1. The third-order valence-electron chi connectivity index (χ3n) is 5.55. The van der Waals surface area contributed by atoms with E-state index in [1.165, 1.54) is 23.5 Å². The lowest BCUT2D eigenvalue weighted by molar-refractivity contribution is -0.117. The summed E-state index contributed by atoms with van der Waals surface area (Å²) in [7, 11) is 0.